The Hall–Kier alpha value is 1.01. The molecule has 32 valence electrons. The van der Waals surface area contributed by atoms with Crippen LogP contribution in [0.15, 0.2) is 0 Å². The van der Waals surface area contributed by atoms with Crippen LogP contribution in [0, 0.1) is 0 Å². The summed E-state index contributed by atoms with van der Waals surface area (Å²) >= 11 is -4.29. The van der Waals surface area contributed by atoms with Crippen molar-refractivity contribution >= 4 is 20.6 Å². The van der Waals surface area contributed by atoms with Crippen molar-refractivity contribution in [1.82, 2.24) is 0 Å². The molecular formula is NiO3Sn. The third-order valence-electron chi connectivity index (χ3n) is 0. The van der Waals surface area contributed by atoms with Gasteiger partial charge in [-0.15, -0.1) is 0 Å². The normalized spacial score (nSPS) is 5.20. The van der Waals surface area contributed by atoms with Gasteiger partial charge in [-0.1, -0.05) is 0 Å². The molecule has 0 aromatic heterocycles. The van der Waals surface area contributed by atoms with Gasteiger partial charge in [0.1, 0.15) is 0 Å². The van der Waals surface area contributed by atoms with Crippen molar-refractivity contribution in [2.45, 2.75) is 0 Å². The molecule has 0 rings (SSSR count). The van der Waals surface area contributed by atoms with E-state index in [2.05, 4.69) is 0 Å². The fourth-order valence-corrected chi connectivity index (χ4v) is 0. The molecule has 0 bridgehead atoms. The zero-order valence-corrected chi connectivity index (χ0v) is 5.88. The second kappa shape index (κ2) is 5.01. The fourth-order valence-electron chi connectivity index (χ4n) is 0. The van der Waals surface area contributed by atoms with E-state index in [1.807, 2.05) is 0 Å². The summed E-state index contributed by atoms with van der Waals surface area (Å²) in [6.07, 6.45) is 0. The summed E-state index contributed by atoms with van der Waals surface area (Å²) in [5.41, 5.74) is 0. The molecule has 0 spiro atoms. The van der Waals surface area contributed by atoms with Crippen LogP contribution < -0.4 is 6.89 Å². The molecule has 0 saturated carbocycles. The minimum atomic E-state index is -4.29. The van der Waals surface area contributed by atoms with E-state index >= 15 is 0 Å². The molecule has 0 atom stereocenters. The van der Waals surface area contributed by atoms with E-state index in [1.165, 1.54) is 0 Å². The third kappa shape index (κ3) is 44.4. The predicted molar refractivity (Wildman–Crippen MR) is 6.44 cm³/mol. The SMILES string of the molecule is [Ni+2].[O]=[Sn]([O-])[O-]. The second-order valence-electron chi connectivity index (χ2n) is 0.250. The van der Waals surface area contributed by atoms with Crippen molar-refractivity contribution in [3.8, 4) is 0 Å². The van der Waals surface area contributed by atoms with Gasteiger partial charge in [-0.05, 0) is 0 Å². The van der Waals surface area contributed by atoms with Crippen molar-refractivity contribution in [2.24, 2.45) is 0 Å². The van der Waals surface area contributed by atoms with E-state index in [-0.39, 0.29) is 16.5 Å². The van der Waals surface area contributed by atoms with Gasteiger partial charge in [0.05, 0.1) is 0 Å². The quantitative estimate of drug-likeness (QED) is 0.416. The molecule has 0 aromatic rings. The molecule has 3 nitrogen and oxygen atoms in total. The van der Waals surface area contributed by atoms with E-state index in [4.69, 9.17) is 9.96 Å². The molecular weight excluding hydrogens is 225 g/mol. The average Bonchev–Trinajstić information content (AvgIpc) is 0.811. The van der Waals surface area contributed by atoms with Crippen LogP contribution in [0.4, 0.5) is 0 Å². The van der Waals surface area contributed by atoms with Gasteiger partial charge in [-0.25, -0.2) is 0 Å². The van der Waals surface area contributed by atoms with Gasteiger partial charge in [0.2, 0.25) is 0 Å². The van der Waals surface area contributed by atoms with Crippen LogP contribution in [0.3, 0.4) is 0 Å². The molecule has 0 fully saturated rings. The first-order chi connectivity index (χ1) is 1.73. The summed E-state index contributed by atoms with van der Waals surface area (Å²) in [6, 6.07) is 0. The Labute approximate surface area is 47.1 Å². The van der Waals surface area contributed by atoms with Crippen LogP contribution in [-0.2, 0) is 19.6 Å². The minimum absolute atomic E-state index is 0. The molecule has 5 heavy (non-hydrogen) atoms. The molecule has 0 heterocycles. The van der Waals surface area contributed by atoms with E-state index in [9.17, 15) is 0 Å². The van der Waals surface area contributed by atoms with Crippen molar-refractivity contribution < 1.29 is 26.5 Å². The summed E-state index contributed by atoms with van der Waals surface area (Å²) in [5.74, 6) is 0. The summed E-state index contributed by atoms with van der Waals surface area (Å²) in [4.78, 5) is 0. The Morgan fingerprint density at radius 2 is 1.40 bits per heavy atom. The molecule has 0 aliphatic heterocycles. The van der Waals surface area contributed by atoms with E-state index in [0.29, 0.717) is 0 Å². The summed E-state index contributed by atoms with van der Waals surface area (Å²) in [6.45, 7) is 0. The van der Waals surface area contributed by atoms with Gasteiger partial charge in [-0.2, -0.15) is 0 Å². The zero-order chi connectivity index (χ0) is 3.58. The monoisotopic (exact) mass is 226 g/mol. The Balaban J connectivity index is 0. The predicted octanol–water partition coefficient (Wildman–Crippen LogP) is -2.88. The molecule has 0 aliphatic rings. The van der Waals surface area contributed by atoms with E-state index < -0.39 is 20.6 Å². The number of hydrogen-bond donors (Lipinski definition) is 0. The summed E-state index contributed by atoms with van der Waals surface area (Å²) < 4.78 is 25.8. The molecule has 0 N–H and O–H groups in total. The van der Waals surface area contributed by atoms with Crippen molar-refractivity contribution in [3.05, 3.63) is 0 Å². The van der Waals surface area contributed by atoms with Crippen LogP contribution in [0.2, 0.25) is 0 Å². The van der Waals surface area contributed by atoms with Crippen molar-refractivity contribution in [1.29, 1.82) is 0 Å². The molecule has 0 unspecified atom stereocenters. The van der Waals surface area contributed by atoms with Gasteiger partial charge < -0.3 is 0 Å². The Kier molecular flexibility index (Phi) is 9.41. The maximum absolute atomic E-state index is 8.61. The standard InChI is InChI=1S/Ni.3O.Sn/q+2;;2*-1;. The van der Waals surface area contributed by atoms with Gasteiger partial charge >= 0.3 is 47.0 Å². The molecule has 0 saturated heterocycles. The van der Waals surface area contributed by atoms with Gasteiger partial charge in [0.15, 0.2) is 0 Å². The van der Waals surface area contributed by atoms with Crippen LogP contribution in [0.25, 0.3) is 0 Å². The molecule has 0 aliphatic carbocycles. The first kappa shape index (κ1) is 9.38. The van der Waals surface area contributed by atoms with E-state index in [0.717, 1.165) is 0 Å². The van der Waals surface area contributed by atoms with Crippen LogP contribution in [0.5, 0.6) is 0 Å². The first-order valence-corrected chi connectivity index (χ1v) is 4.11. The van der Waals surface area contributed by atoms with Crippen molar-refractivity contribution in [3.63, 3.8) is 0 Å². The van der Waals surface area contributed by atoms with Gasteiger partial charge in [-0.3, -0.25) is 0 Å². The summed E-state index contributed by atoms with van der Waals surface area (Å²) in [7, 11) is 0. The molecule has 0 radical (unpaired) electrons. The number of rotatable bonds is 0. The van der Waals surface area contributed by atoms with Crippen LogP contribution in [-0.4, -0.2) is 20.6 Å². The van der Waals surface area contributed by atoms with Gasteiger partial charge in [0.25, 0.3) is 0 Å². The third-order valence-corrected chi connectivity index (χ3v) is 0. The van der Waals surface area contributed by atoms with Crippen molar-refractivity contribution in [2.75, 3.05) is 0 Å². The Bertz CT molecular complexity index is 29.9. The van der Waals surface area contributed by atoms with E-state index in [1.54, 1.807) is 0 Å². The first-order valence-electron chi connectivity index (χ1n) is 0.612. The molecule has 0 aromatic carbocycles. The second-order valence-corrected chi connectivity index (χ2v) is 1.68. The summed E-state index contributed by atoms with van der Waals surface area (Å²) in [5, 5.41) is 0. The Morgan fingerprint density at radius 3 is 1.40 bits per heavy atom. The van der Waals surface area contributed by atoms with Crippen LogP contribution >= 0.6 is 0 Å². The molecule has 5 heteroatoms. The number of hydrogen-bond acceptors (Lipinski definition) is 3. The fraction of sp³-hybridized carbons (Fsp3) is 0. The topological polar surface area (TPSA) is 63.2 Å². The molecule has 0 amide bonds. The van der Waals surface area contributed by atoms with Crippen LogP contribution in [0.1, 0.15) is 0 Å². The maximum atomic E-state index is 8.61. The van der Waals surface area contributed by atoms with Gasteiger partial charge in [0, 0.05) is 0 Å². The Morgan fingerprint density at radius 1 is 1.40 bits per heavy atom. The average molecular weight is 225 g/mol. The zero-order valence-electron chi connectivity index (χ0n) is 2.04.